The lowest BCUT2D eigenvalue weighted by atomic mass is 9.82. The summed E-state index contributed by atoms with van der Waals surface area (Å²) < 4.78 is 5.58. The molecule has 0 radical (unpaired) electrons. The molecule has 2 aromatic carbocycles. The predicted molar refractivity (Wildman–Crippen MR) is 126 cm³/mol. The number of carbonyl (C=O) groups is 4. The fourth-order valence-corrected chi connectivity index (χ4v) is 5.09. The summed E-state index contributed by atoms with van der Waals surface area (Å²) in [6, 6.07) is 14.1. The molecule has 3 atom stereocenters. The van der Waals surface area contributed by atoms with Gasteiger partial charge in [0.25, 0.3) is 0 Å². The van der Waals surface area contributed by atoms with Crippen molar-refractivity contribution in [2.24, 2.45) is 17.8 Å². The Hall–Kier alpha value is -3.74. The van der Waals surface area contributed by atoms with Crippen molar-refractivity contribution in [1.82, 2.24) is 0 Å². The summed E-state index contributed by atoms with van der Waals surface area (Å²) in [4.78, 5) is 54.2. The molecule has 0 N–H and O–H groups in total. The van der Waals surface area contributed by atoms with Gasteiger partial charge in [-0.1, -0.05) is 29.8 Å². The number of carbonyl (C=O) groups excluding carboxylic acids is 4. The third-order valence-corrected chi connectivity index (χ3v) is 6.89. The minimum Gasteiger partial charge on any atom is -0.426 e. The Bertz CT molecular complexity index is 1230. The summed E-state index contributed by atoms with van der Waals surface area (Å²) in [6.45, 7) is 4.18. The molecule has 2 aromatic rings. The van der Waals surface area contributed by atoms with Crippen LogP contribution < -0.4 is 14.5 Å². The van der Waals surface area contributed by atoms with Crippen LogP contribution in [-0.2, 0) is 19.2 Å². The Balaban J connectivity index is 1.29. The van der Waals surface area contributed by atoms with Gasteiger partial charge in [-0.25, -0.2) is 4.90 Å². The Morgan fingerprint density at radius 3 is 2.44 bits per heavy atom. The maximum atomic E-state index is 13.0. The molecule has 34 heavy (non-hydrogen) atoms. The van der Waals surface area contributed by atoms with Crippen LogP contribution in [0.15, 0.2) is 60.2 Å². The maximum Gasteiger partial charge on any atom is 0.316 e. The van der Waals surface area contributed by atoms with E-state index in [0.29, 0.717) is 18.5 Å². The molecule has 0 spiro atoms. The predicted octanol–water partition coefficient (Wildman–Crippen LogP) is 3.80. The van der Waals surface area contributed by atoms with Crippen molar-refractivity contribution in [2.45, 2.75) is 33.1 Å². The van der Waals surface area contributed by atoms with E-state index in [2.05, 4.69) is 0 Å². The molecule has 0 aromatic heterocycles. The van der Waals surface area contributed by atoms with Gasteiger partial charge in [0.05, 0.1) is 23.4 Å². The van der Waals surface area contributed by atoms with E-state index in [-0.39, 0.29) is 48.3 Å². The standard InChI is InChI=1S/C27H26N2O5/c1-16-5-3-6-19(11-16)28-15-18(13-24(28)30)27(33)34-21-8-4-7-20(14-21)29-25(31)22-10-9-17(2)12-23(22)26(29)32/h3-9,11,14,18,22-23H,10,12-13,15H2,1-2H3/t18-,22-,23+/m0/s1. The van der Waals surface area contributed by atoms with Crippen molar-refractivity contribution in [1.29, 1.82) is 0 Å². The fraction of sp³-hybridized carbons (Fsp3) is 0.333. The number of esters is 1. The van der Waals surface area contributed by atoms with Crippen molar-refractivity contribution >= 4 is 35.1 Å². The van der Waals surface area contributed by atoms with E-state index in [1.165, 1.54) is 4.90 Å². The van der Waals surface area contributed by atoms with Gasteiger partial charge >= 0.3 is 5.97 Å². The third kappa shape index (κ3) is 3.91. The number of nitrogens with zero attached hydrogens (tertiary/aromatic N) is 2. The maximum absolute atomic E-state index is 13.0. The van der Waals surface area contributed by atoms with E-state index in [4.69, 9.17) is 4.74 Å². The zero-order chi connectivity index (χ0) is 24.0. The van der Waals surface area contributed by atoms with Crippen LogP contribution in [0.2, 0.25) is 0 Å². The number of allylic oxidation sites excluding steroid dienone is 2. The van der Waals surface area contributed by atoms with Crippen molar-refractivity contribution in [3.05, 3.63) is 65.7 Å². The van der Waals surface area contributed by atoms with Crippen molar-refractivity contribution in [3.63, 3.8) is 0 Å². The lowest BCUT2D eigenvalue weighted by molar-refractivity contribution is -0.139. The molecule has 1 aliphatic carbocycles. The van der Waals surface area contributed by atoms with Crippen LogP contribution in [0, 0.1) is 24.7 Å². The first-order chi connectivity index (χ1) is 16.3. The highest BCUT2D eigenvalue weighted by molar-refractivity contribution is 6.22. The highest BCUT2D eigenvalue weighted by Gasteiger charge is 2.48. The molecular formula is C27H26N2O5. The summed E-state index contributed by atoms with van der Waals surface area (Å²) in [7, 11) is 0. The summed E-state index contributed by atoms with van der Waals surface area (Å²) in [5, 5.41) is 0. The number of aryl methyl sites for hydroxylation is 1. The Morgan fingerprint density at radius 2 is 1.65 bits per heavy atom. The van der Waals surface area contributed by atoms with Gasteiger partial charge in [0, 0.05) is 24.7 Å². The van der Waals surface area contributed by atoms with Crippen molar-refractivity contribution < 1.29 is 23.9 Å². The van der Waals surface area contributed by atoms with Gasteiger partial charge in [0.2, 0.25) is 17.7 Å². The second-order valence-electron chi connectivity index (χ2n) is 9.38. The number of rotatable bonds is 4. The van der Waals surface area contributed by atoms with E-state index < -0.39 is 11.9 Å². The lowest BCUT2D eigenvalue weighted by Gasteiger charge is -2.18. The molecule has 0 saturated carbocycles. The molecule has 0 bridgehead atoms. The van der Waals surface area contributed by atoms with Crippen LogP contribution in [0.3, 0.4) is 0 Å². The van der Waals surface area contributed by atoms with E-state index in [1.807, 2.05) is 44.2 Å². The van der Waals surface area contributed by atoms with Gasteiger partial charge in [-0.3, -0.25) is 19.2 Å². The SMILES string of the molecule is CC1=CC[C@@H]2C(=O)N(c3cccc(OC(=O)[C@H]4CC(=O)N(c5cccc(C)c5)C4)c3)C(=O)[C@@H]2C1. The van der Waals surface area contributed by atoms with Crippen LogP contribution in [0.4, 0.5) is 11.4 Å². The molecule has 2 heterocycles. The molecular weight excluding hydrogens is 432 g/mol. The van der Waals surface area contributed by atoms with Gasteiger partial charge in [-0.05, 0) is 56.5 Å². The molecule has 2 saturated heterocycles. The highest BCUT2D eigenvalue weighted by Crippen LogP contribution is 2.40. The summed E-state index contributed by atoms with van der Waals surface area (Å²) >= 11 is 0. The first-order valence-electron chi connectivity index (χ1n) is 11.5. The smallest absolute Gasteiger partial charge is 0.316 e. The quantitative estimate of drug-likeness (QED) is 0.301. The van der Waals surface area contributed by atoms with E-state index >= 15 is 0 Å². The first-order valence-corrected chi connectivity index (χ1v) is 11.5. The summed E-state index contributed by atoms with van der Waals surface area (Å²) in [6.07, 6.45) is 3.26. The normalized spacial score (nSPS) is 24.4. The zero-order valence-corrected chi connectivity index (χ0v) is 19.2. The first kappa shape index (κ1) is 22.1. The molecule has 3 aliphatic rings. The van der Waals surface area contributed by atoms with Crippen LogP contribution in [0.1, 0.15) is 31.7 Å². The van der Waals surface area contributed by atoms with E-state index in [9.17, 15) is 19.2 Å². The van der Waals surface area contributed by atoms with E-state index in [0.717, 1.165) is 16.8 Å². The molecule has 7 heteroatoms. The average molecular weight is 459 g/mol. The number of imide groups is 1. The number of benzene rings is 2. The van der Waals surface area contributed by atoms with E-state index in [1.54, 1.807) is 29.2 Å². The minimum absolute atomic E-state index is 0.0747. The van der Waals surface area contributed by atoms with Crippen LogP contribution in [-0.4, -0.2) is 30.2 Å². The molecule has 2 aliphatic heterocycles. The Kier molecular flexibility index (Phi) is 5.55. The number of anilines is 2. The van der Waals surface area contributed by atoms with Gasteiger partial charge in [0.15, 0.2) is 0 Å². The van der Waals surface area contributed by atoms with Gasteiger partial charge in [0.1, 0.15) is 5.75 Å². The molecule has 5 rings (SSSR count). The number of ether oxygens (including phenoxy) is 1. The molecule has 174 valence electrons. The molecule has 2 fully saturated rings. The number of amides is 3. The third-order valence-electron chi connectivity index (χ3n) is 6.89. The molecule has 3 amide bonds. The summed E-state index contributed by atoms with van der Waals surface area (Å²) in [5.74, 6) is -2.06. The number of hydrogen-bond acceptors (Lipinski definition) is 5. The number of fused-ring (bicyclic) bond motifs is 1. The van der Waals surface area contributed by atoms with Crippen molar-refractivity contribution in [2.75, 3.05) is 16.3 Å². The Morgan fingerprint density at radius 1 is 0.912 bits per heavy atom. The molecule has 0 unspecified atom stereocenters. The van der Waals surface area contributed by atoms with Crippen LogP contribution in [0.5, 0.6) is 5.75 Å². The van der Waals surface area contributed by atoms with Crippen molar-refractivity contribution in [3.8, 4) is 5.75 Å². The monoisotopic (exact) mass is 458 g/mol. The topological polar surface area (TPSA) is 84.0 Å². The van der Waals surface area contributed by atoms with Crippen LogP contribution >= 0.6 is 0 Å². The largest absolute Gasteiger partial charge is 0.426 e. The number of hydrogen-bond donors (Lipinski definition) is 0. The Labute approximate surface area is 198 Å². The minimum atomic E-state index is -0.594. The van der Waals surface area contributed by atoms with Gasteiger partial charge in [-0.15, -0.1) is 0 Å². The second kappa shape index (κ2) is 8.56. The second-order valence-corrected chi connectivity index (χ2v) is 9.38. The van der Waals surface area contributed by atoms with Gasteiger partial charge in [-0.2, -0.15) is 0 Å². The zero-order valence-electron chi connectivity index (χ0n) is 19.2. The fourth-order valence-electron chi connectivity index (χ4n) is 5.09. The highest BCUT2D eigenvalue weighted by atomic mass is 16.5. The lowest BCUT2D eigenvalue weighted by Crippen LogP contribution is -2.31. The van der Waals surface area contributed by atoms with Gasteiger partial charge < -0.3 is 9.64 Å². The molecule has 7 nitrogen and oxygen atoms in total. The summed E-state index contributed by atoms with van der Waals surface area (Å²) in [5.41, 5.74) is 3.32. The van der Waals surface area contributed by atoms with Crippen LogP contribution in [0.25, 0.3) is 0 Å². The average Bonchev–Trinajstić information content (AvgIpc) is 3.31.